The number of carbonyl (C=O) groups is 1. The van der Waals surface area contributed by atoms with Gasteiger partial charge in [-0.25, -0.2) is 4.98 Å². The monoisotopic (exact) mass is 412 g/mol. The number of aromatic nitrogens is 1. The van der Waals surface area contributed by atoms with Crippen molar-refractivity contribution in [2.45, 2.75) is 5.54 Å². The largest absolute Gasteiger partial charge is 0.364 e. The molecule has 0 atom stereocenters. The van der Waals surface area contributed by atoms with Crippen molar-refractivity contribution in [3.63, 3.8) is 0 Å². The van der Waals surface area contributed by atoms with Crippen LogP contribution in [0.25, 0.3) is 0 Å². The van der Waals surface area contributed by atoms with Crippen LogP contribution in [0.3, 0.4) is 0 Å². The third kappa shape index (κ3) is 3.60. The van der Waals surface area contributed by atoms with Gasteiger partial charge in [0.05, 0.1) is 0 Å². The van der Waals surface area contributed by atoms with Crippen LogP contribution in [0.2, 0.25) is 0 Å². The minimum absolute atomic E-state index is 0.262. The molecule has 6 heteroatoms. The number of amides is 1. The number of carbonyl (C=O) groups excluding carboxylic acids is 1. The van der Waals surface area contributed by atoms with Crippen molar-refractivity contribution in [2.24, 2.45) is 5.73 Å². The molecule has 0 spiro atoms. The maximum Gasteiger partial charge on any atom is 0.268 e. The number of primary amides is 1. The van der Waals surface area contributed by atoms with Crippen molar-refractivity contribution in [3.05, 3.63) is 119 Å². The van der Waals surface area contributed by atoms with Crippen LogP contribution < -0.4 is 11.1 Å². The van der Waals surface area contributed by atoms with E-state index in [2.05, 4.69) is 46.7 Å². The Kier molecular flexibility index (Phi) is 5.41. The second kappa shape index (κ2) is 8.31. The summed E-state index contributed by atoms with van der Waals surface area (Å²) in [5.74, 6) is -0.799. The smallest absolute Gasteiger partial charge is 0.268 e. The average molecular weight is 413 g/mol. The summed E-state index contributed by atoms with van der Waals surface area (Å²) in [5, 5.41) is 13.7. The first-order valence-corrected chi connectivity index (χ1v) is 10.3. The first-order chi connectivity index (χ1) is 14.6. The third-order valence-electron chi connectivity index (χ3n) is 4.92. The topological polar surface area (TPSA) is 91.9 Å². The number of nitrogens with zero attached hydrogens (tertiary/aromatic N) is 1. The van der Waals surface area contributed by atoms with E-state index in [4.69, 9.17) is 11.1 Å². The fourth-order valence-electron chi connectivity index (χ4n) is 3.51. The number of nitrogens with two attached hydrogens (primary N) is 1. The Morgan fingerprint density at radius 3 is 1.67 bits per heavy atom. The summed E-state index contributed by atoms with van der Waals surface area (Å²) in [7, 11) is 0. The van der Waals surface area contributed by atoms with Crippen molar-refractivity contribution < 1.29 is 4.79 Å². The van der Waals surface area contributed by atoms with Gasteiger partial charge in [0.15, 0.2) is 5.13 Å². The van der Waals surface area contributed by atoms with Gasteiger partial charge in [0.2, 0.25) is 0 Å². The number of hydrogen-bond donors (Lipinski definition) is 3. The summed E-state index contributed by atoms with van der Waals surface area (Å²) in [4.78, 5) is 15.9. The molecule has 0 aliphatic carbocycles. The van der Waals surface area contributed by atoms with E-state index >= 15 is 0 Å². The van der Waals surface area contributed by atoms with Gasteiger partial charge in [0, 0.05) is 5.38 Å². The minimum atomic E-state index is -0.799. The summed E-state index contributed by atoms with van der Waals surface area (Å²) >= 11 is 1.34. The van der Waals surface area contributed by atoms with Crippen molar-refractivity contribution >= 4 is 28.1 Å². The minimum Gasteiger partial charge on any atom is -0.364 e. The number of anilines is 1. The van der Waals surface area contributed by atoms with E-state index in [-0.39, 0.29) is 11.4 Å². The molecule has 30 heavy (non-hydrogen) atoms. The molecule has 1 amide bonds. The van der Waals surface area contributed by atoms with Crippen LogP contribution >= 0.6 is 11.3 Å². The molecule has 0 saturated heterocycles. The molecule has 3 aromatic carbocycles. The molecule has 4 rings (SSSR count). The van der Waals surface area contributed by atoms with Gasteiger partial charge in [-0.3, -0.25) is 10.2 Å². The maximum absolute atomic E-state index is 11.4. The Bertz CT molecular complexity index is 1060. The highest BCUT2D eigenvalue weighted by Crippen LogP contribution is 2.40. The molecule has 0 fully saturated rings. The molecule has 1 aromatic heterocycles. The van der Waals surface area contributed by atoms with E-state index in [0.29, 0.717) is 5.13 Å². The maximum atomic E-state index is 11.4. The molecule has 5 nitrogen and oxygen atoms in total. The summed E-state index contributed by atoms with van der Waals surface area (Å²) in [6, 6.07) is 30.5. The van der Waals surface area contributed by atoms with Gasteiger partial charge >= 0.3 is 0 Å². The second-order valence-corrected chi connectivity index (χ2v) is 7.61. The average Bonchev–Trinajstić information content (AvgIpc) is 3.27. The molecule has 4 aromatic rings. The molecule has 4 N–H and O–H groups in total. The van der Waals surface area contributed by atoms with Crippen LogP contribution in [0.5, 0.6) is 0 Å². The number of thiazole rings is 1. The lowest BCUT2D eigenvalue weighted by molar-refractivity contribution is -0.112. The predicted molar refractivity (Wildman–Crippen MR) is 121 cm³/mol. The van der Waals surface area contributed by atoms with Gasteiger partial charge in [-0.05, 0) is 16.7 Å². The zero-order chi connectivity index (χ0) is 21.0. The normalized spacial score (nSPS) is 11.1. The molecule has 148 valence electrons. The molecule has 0 saturated carbocycles. The predicted octanol–water partition coefficient (Wildman–Crippen LogP) is 4.40. The van der Waals surface area contributed by atoms with Crippen LogP contribution in [-0.4, -0.2) is 16.6 Å². The Labute approximate surface area is 178 Å². The summed E-state index contributed by atoms with van der Waals surface area (Å²) in [5.41, 5.74) is 7.64. The number of benzene rings is 3. The van der Waals surface area contributed by atoms with E-state index < -0.39 is 11.4 Å². The molecular weight excluding hydrogens is 392 g/mol. The third-order valence-corrected chi connectivity index (χ3v) is 5.68. The van der Waals surface area contributed by atoms with Crippen LogP contribution in [0.15, 0.2) is 96.4 Å². The van der Waals surface area contributed by atoms with Crippen LogP contribution in [0.1, 0.15) is 22.4 Å². The van der Waals surface area contributed by atoms with Gasteiger partial charge in [-0.15, -0.1) is 11.3 Å². The van der Waals surface area contributed by atoms with Crippen LogP contribution in [0, 0.1) is 5.41 Å². The zero-order valence-corrected chi connectivity index (χ0v) is 16.9. The fourth-order valence-corrected chi connectivity index (χ4v) is 4.27. The van der Waals surface area contributed by atoms with Gasteiger partial charge in [-0.2, -0.15) is 0 Å². The van der Waals surface area contributed by atoms with Crippen LogP contribution in [-0.2, 0) is 10.3 Å². The molecule has 1 heterocycles. The van der Waals surface area contributed by atoms with E-state index in [9.17, 15) is 4.79 Å². The highest BCUT2D eigenvalue weighted by Gasteiger charge is 2.37. The van der Waals surface area contributed by atoms with E-state index in [0.717, 1.165) is 16.7 Å². The Hall–Kier alpha value is -3.77. The van der Waals surface area contributed by atoms with Crippen molar-refractivity contribution in [3.8, 4) is 0 Å². The molecule has 0 aliphatic rings. The second-order valence-electron chi connectivity index (χ2n) is 6.75. The van der Waals surface area contributed by atoms with Gasteiger partial charge in [-0.1, -0.05) is 91.0 Å². The standard InChI is InChI=1S/C24H20N4OS/c25-21(22(26)29)20-16-30-23(27-20)28-24(17-10-4-1-5-11-17,18-12-6-2-7-13-18)19-14-8-3-9-15-19/h1-16,25H,(H2,26,29)(H,27,28). The zero-order valence-electron chi connectivity index (χ0n) is 16.1. The molecule has 0 aliphatic heterocycles. The van der Waals surface area contributed by atoms with Crippen molar-refractivity contribution in [2.75, 3.05) is 5.32 Å². The lowest BCUT2D eigenvalue weighted by Gasteiger charge is -2.36. The first kappa shape index (κ1) is 19.5. The Balaban J connectivity index is 1.92. The number of nitrogens with one attached hydrogen (secondary N) is 2. The number of rotatable bonds is 7. The summed E-state index contributed by atoms with van der Waals surface area (Å²) < 4.78 is 0. The lowest BCUT2D eigenvalue weighted by atomic mass is 9.77. The summed E-state index contributed by atoms with van der Waals surface area (Å²) in [6.45, 7) is 0. The SMILES string of the molecule is N=C(C(N)=O)c1csc(NC(c2ccccc2)(c2ccccc2)c2ccccc2)n1. The van der Waals surface area contributed by atoms with Crippen molar-refractivity contribution in [1.29, 1.82) is 5.41 Å². The molecule has 0 radical (unpaired) electrons. The molecular formula is C24H20N4OS. The highest BCUT2D eigenvalue weighted by molar-refractivity contribution is 7.14. The quantitative estimate of drug-likeness (QED) is 0.310. The Morgan fingerprint density at radius 1 is 0.833 bits per heavy atom. The van der Waals surface area contributed by atoms with E-state index in [1.54, 1.807) is 5.38 Å². The molecule has 0 bridgehead atoms. The van der Waals surface area contributed by atoms with E-state index in [1.165, 1.54) is 11.3 Å². The number of hydrogen-bond acceptors (Lipinski definition) is 5. The lowest BCUT2D eigenvalue weighted by Crippen LogP contribution is -2.38. The van der Waals surface area contributed by atoms with E-state index in [1.807, 2.05) is 54.6 Å². The van der Waals surface area contributed by atoms with Gasteiger partial charge < -0.3 is 11.1 Å². The first-order valence-electron chi connectivity index (χ1n) is 9.40. The van der Waals surface area contributed by atoms with Crippen LogP contribution in [0.4, 0.5) is 5.13 Å². The summed E-state index contributed by atoms with van der Waals surface area (Å²) in [6.07, 6.45) is 0. The highest BCUT2D eigenvalue weighted by atomic mass is 32.1. The fraction of sp³-hybridized carbons (Fsp3) is 0.0417. The molecule has 0 unspecified atom stereocenters. The van der Waals surface area contributed by atoms with Crippen molar-refractivity contribution in [1.82, 2.24) is 4.98 Å². The van der Waals surface area contributed by atoms with Gasteiger partial charge in [0.1, 0.15) is 16.9 Å². The Morgan fingerprint density at radius 2 is 1.27 bits per heavy atom. The van der Waals surface area contributed by atoms with Gasteiger partial charge in [0.25, 0.3) is 5.91 Å².